The molecule has 1 aromatic heterocycles. The van der Waals surface area contributed by atoms with E-state index in [9.17, 15) is 4.39 Å². The lowest BCUT2D eigenvalue weighted by Crippen LogP contribution is -2.13. The van der Waals surface area contributed by atoms with Crippen LogP contribution in [0.15, 0.2) is 77.2 Å². The summed E-state index contributed by atoms with van der Waals surface area (Å²) < 4.78 is 19.3. The van der Waals surface area contributed by atoms with E-state index >= 15 is 0 Å². The molecule has 1 heterocycles. The summed E-state index contributed by atoms with van der Waals surface area (Å²) in [6.45, 7) is 0. The summed E-state index contributed by atoms with van der Waals surface area (Å²) >= 11 is 12.4. The second-order valence-electron chi connectivity index (χ2n) is 6.04. The molecule has 4 aromatic rings. The van der Waals surface area contributed by atoms with Gasteiger partial charge >= 0.3 is 0 Å². The van der Waals surface area contributed by atoms with Crippen LogP contribution in [0.2, 0.25) is 10.0 Å². The molecule has 0 fully saturated rings. The van der Waals surface area contributed by atoms with Gasteiger partial charge in [-0.3, -0.25) is 0 Å². The highest BCUT2D eigenvalue weighted by atomic mass is 35.5. The third kappa shape index (κ3) is 3.86. The second kappa shape index (κ2) is 8.00. The normalized spacial score (nSPS) is 12.0. The van der Waals surface area contributed by atoms with Crippen molar-refractivity contribution in [3.8, 4) is 11.5 Å². The maximum Gasteiger partial charge on any atom is 0.249 e. The van der Waals surface area contributed by atoms with Crippen molar-refractivity contribution in [2.75, 3.05) is 5.32 Å². The molecule has 0 unspecified atom stereocenters. The van der Waals surface area contributed by atoms with Gasteiger partial charge in [-0.2, -0.15) is 0 Å². The molecule has 0 aliphatic heterocycles. The lowest BCUT2D eigenvalue weighted by atomic mass is 10.1. The molecule has 0 bridgehead atoms. The van der Waals surface area contributed by atoms with E-state index in [0.717, 1.165) is 5.56 Å². The molecule has 0 aliphatic rings. The van der Waals surface area contributed by atoms with Gasteiger partial charge < -0.3 is 9.73 Å². The van der Waals surface area contributed by atoms with Crippen molar-refractivity contribution in [3.05, 3.63) is 100 Å². The Labute approximate surface area is 170 Å². The van der Waals surface area contributed by atoms with E-state index in [1.54, 1.807) is 18.2 Å². The van der Waals surface area contributed by atoms with Crippen LogP contribution in [0.1, 0.15) is 17.5 Å². The smallest absolute Gasteiger partial charge is 0.249 e. The van der Waals surface area contributed by atoms with Gasteiger partial charge in [0.25, 0.3) is 0 Å². The summed E-state index contributed by atoms with van der Waals surface area (Å²) in [4.78, 5) is 0. The van der Waals surface area contributed by atoms with Crippen molar-refractivity contribution >= 4 is 28.9 Å². The first-order valence-corrected chi connectivity index (χ1v) is 9.22. The molecule has 0 spiro atoms. The first-order valence-electron chi connectivity index (χ1n) is 8.46. The highest BCUT2D eigenvalue weighted by Gasteiger charge is 2.23. The van der Waals surface area contributed by atoms with Crippen LogP contribution in [-0.2, 0) is 0 Å². The number of halogens is 3. The van der Waals surface area contributed by atoms with Crippen molar-refractivity contribution in [3.63, 3.8) is 0 Å². The molecule has 1 atom stereocenters. The predicted octanol–water partition coefficient (Wildman–Crippen LogP) is 6.38. The van der Waals surface area contributed by atoms with Crippen LogP contribution in [0.5, 0.6) is 0 Å². The quantitative estimate of drug-likeness (QED) is 0.412. The molecule has 0 radical (unpaired) electrons. The van der Waals surface area contributed by atoms with Crippen LogP contribution in [0.4, 0.5) is 10.1 Å². The first kappa shape index (κ1) is 18.5. The fourth-order valence-corrected chi connectivity index (χ4v) is 3.23. The van der Waals surface area contributed by atoms with Gasteiger partial charge in [-0.25, -0.2) is 4.39 Å². The fraction of sp³-hybridized carbons (Fsp3) is 0.0476. The zero-order valence-corrected chi connectivity index (χ0v) is 16.0. The second-order valence-corrected chi connectivity index (χ2v) is 6.85. The maximum absolute atomic E-state index is 13.4. The van der Waals surface area contributed by atoms with Gasteiger partial charge in [0.2, 0.25) is 11.8 Å². The predicted molar refractivity (Wildman–Crippen MR) is 108 cm³/mol. The zero-order chi connectivity index (χ0) is 19.5. The Morgan fingerprint density at radius 2 is 1.61 bits per heavy atom. The molecule has 0 saturated heterocycles. The molecule has 140 valence electrons. The Morgan fingerprint density at radius 3 is 2.36 bits per heavy atom. The topological polar surface area (TPSA) is 51.0 Å². The SMILES string of the molecule is Fc1ccc(N[C@H](c2ccccc2)c2nnc(-c3ccccc3Cl)o2)c(Cl)c1. The monoisotopic (exact) mass is 413 g/mol. The number of hydrogen-bond acceptors (Lipinski definition) is 4. The molecule has 0 saturated carbocycles. The van der Waals surface area contributed by atoms with E-state index in [2.05, 4.69) is 15.5 Å². The number of anilines is 1. The number of nitrogens with zero attached hydrogens (tertiary/aromatic N) is 2. The third-order valence-electron chi connectivity index (χ3n) is 4.16. The largest absolute Gasteiger partial charge is 0.418 e. The minimum atomic E-state index is -0.479. The maximum atomic E-state index is 13.4. The molecule has 0 amide bonds. The van der Waals surface area contributed by atoms with Crippen LogP contribution in [-0.4, -0.2) is 10.2 Å². The average Bonchev–Trinajstić information content (AvgIpc) is 3.18. The Kier molecular flexibility index (Phi) is 5.28. The molecule has 4 nitrogen and oxygen atoms in total. The first-order chi connectivity index (χ1) is 13.6. The van der Waals surface area contributed by atoms with Crippen LogP contribution >= 0.6 is 23.2 Å². The van der Waals surface area contributed by atoms with Gasteiger partial charge in [0.05, 0.1) is 21.3 Å². The van der Waals surface area contributed by atoms with E-state index in [4.69, 9.17) is 27.6 Å². The minimum Gasteiger partial charge on any atom is -0.418 e. The standard InChI is InChI=1S/C21H14Cl2FN3O/c22-16-9-5-4-8-15(16)20-26-27-21(28-20)19(13-6-2-1-3-7-13)25-18-11-10-14(24)12-17(18)23/h1-12,19,25H/t19-/m1/s1. The summed E-state index contributed by atoms with van der Waals surface area (Å²) in [6, 6.07) is 20.5. The third-order valence-corrected chi connectivity index (χ3v) is 4.80. The van der Waals surface area contributed by atoms with Gasteiger partial charge in [0.15, 0.2) is 0 Å². The Bertz CT molecular complexity index is 1100. The molecule has 28 heavy (non-hydrogen) atoms. The summed E-state index contributed by atoms with van der Waals surface area (Å²) in [6.07, 6.45) is 0. The van der Waals surface area contributed by atoms with Gasteiger partial charge in [-0.05, 0) is 35.9 Å². The Balaban J connectivity index is 1.73. The van der Waals surface area contributed by atoms with Crippen molar-refractivity contribution in [1.82, 2.24) is 10.2 Å². The van der Waals surface area contributed by atoms with Crippen LogP contribution < -0.4 is 5.32 Å². The zero-order valence-electron chi connectivity index (χ0n) is 14.4. The minimum absolute atomic E-state index is 0.256. The lowest BCUT2D eigenvalue weighted by molar-refractivity contribution is 0.494. The number of nitrogens with one attached hydrogen (secondary N) is 1. The van der Waals surface area contributed by atoms with E-state index in [1.807, 2.05) is 42.5 Å². The van der Waals surface area contributed by atoms with Crippen LogP contribution in [0, 0.1) is 5.82 Å². The van der Waals surface area contributed by atoms with Crippen molar-refractivity contribution < 1.29 is 8.81 Å². The molecular formula is C21H14Cl2FN3O. The van der Waals surface area contributed by atoms with Crippen molar-refractivity contribution in [2.24, 2.45) is 0 Å². The Morgan fingerprint density at radius 1 is 0.857 bits per heavy atom. The van der Waals surface area contributed by atoms with E-state index in [0.29, 0.717) is 28.1 Å². The number of hydrogen-bond donors (Lipinski definition) is 1. The molecule has 7 heteroatoms. The van der Waals surface area contributed by atoms with E-state index in [1.165, 1.54) is 12.1 Å². The summed E-state index contributed by atoms with van der Waals surface area (Å²) in [5, 5.41) is 12.4. The molecule has 1 N–H and O–H groups in total. The lowest BCUT2D eigenvalue weighted by Gasteiger charge is -2.18. The van der Waals surface area contributed by atoms with Crippen LogP contribution in [0.25, 0.3) is 11.5 Å². The molecule has 4 rings (SSSR count). The van der Waals surface area contributed by atoms with Gasteiger partial charge in [-0.1, -0.05) is 65.7 Å². The highest BCUT2D eigenvalue weighted by molar-refractivity contribution is 6.33. The van der Waals surface area contributed by atoms with Gasteiger partial charge in [-0.15, -0.1) is 10.2 Å². The van der Waals surface area contributed by atoms with Crippen molar-refractivity contribution in [1.29, 1.82) is 0 Å². The Hall–Kier alpha value is -2.89. The summed E-state index contributed by atoms with van der Waals surface area (Å²) in [5.41, 5.74) is 2.08. The van der Waals surface area contributed by atoms with Crippen molar-refractivity contribution in [2.45, 2.75) is 6.04 Å². The van der Waals surface area contributed by atoms with E-state index in [-0.39, 0.29) is 5.02 Å². The van der Waals surface area contributed by atoms with Crippen LogP contribution in [0.3, 0.4) is 0 Å². The molecular weight excluding hydrogens is 400 g/mol. The number of benzene rings is 3. The van der Waals surface area contributed by atoms with Gasteiger partial charge in [0.1, 0.15) is 11.9 Å². The van der Waals surface area contributed by atoms with E-state index < -0.39 is 11.9 Å². The number of rotatable bonds is 5. The van der Waals surface area contributed by atoms with Gasteiger partial charge in [0, 0.05) is 0 Å². The molecule has 0 aliphatic carbocycles. The fourth-order valence-electron chi connectivity index (χ4n) is 2.79. The number of aromatic nitrogens is 2. The highest BCUT2D eigenvalue weighted by Crippen LogP contribution is 2.33. The average molecular weight is 414 g/mol. The summed E-state index contributed by atoms with van der Waals surface area (Å²) in [5.74, 6) is 0.237. The summed E-state index contributed by atoms with van der Waals surface area (Å²) in [7, 11) is 0. The molecule has 3 aromatic carbocycles.